The van der Waals surface area contributed by atoms with Crippen LogP contribution in [0.4, 0.5) is 0 Å². The summed E-state index contributed by atoms with van der Waals surface area (Å²) in [6.07, 6.45) is 0. The third-order valence-electron chi connectivity index (χ3n) is 1.83. The minimum atomic E-state index is 0. The van der Waals surface area contributed by atoms with E-state index in [4.69, 9.17) is 25.5 Å². The Hall–Kier alpha value is 1.41. The van der Waals surface area contributed by atoms with Crippen molar-refractivity contribution in [3.05, 3.63) is 0 Å². The van der Waals surface area contributed by atoms with E-state index in [1.54, 1.807) is 0 Å². The molecule has 0 aromatic carbocycles. The van der Waals surface area contributed by atoms with Crippen LogP contribution >= 0.6 is 0 Å². The van der Waals surface area contributed by atoms with E-state index in [1.165, 1.54) is 0 Å². The third kappa shape index (κ3) is 209. The largest absolute Gasteiger partial charge is 0.412 e. The van der Waals surface area contributed by atoms with Gasteiger partial charge in [0, 0.05) is 85.4 Å². The van der Waals surface area contributed by atoms with Gasteiger partial charge in [0.05, 0.1) is 0 Å². The van der Waals surface area contributed by atoms with Crippen LogP contribution in [0, 0.1) is 29.6 Å². The molecule has 0 aromatic heterocycles. The van der Waals surface area contributed by atoms with Crippen LogP contribution in [0.5, 0.6) is 0 Å². The Kier molecular flexibility index (Phi) is 143. The van der Waals surface area contributed by atoms with Crippen molar-refractivity contribution in [3.63, 3.8) is 0 Å². The second kappa shape index (κ2) is 63.4. The Bertz CT molecular complexity index is 153. The van der Waals surface area contributed by atoms with Crippen LogP contribution < -0.4 is 0 Å². The molecule has 0 aliphatic rings. The maximum atomic E-state index is 8.14. The van der Waals surface area contributed by atoms with Gasteiger partial charge in [-0.1, -0.05) is 69.2 Å². The monoisotopic (exact) mass is 622 g/mol. The first kappa shape index (κ1) is 69.8. The molecule has 0 fully saturated rings. The zero-order valence-corrected chi connectivity index (χ0v) is 26.6. The van der Waals surface area contributed by atoms with Crippen LogP contribution in [0.1, 0.15) is 69.2 Å². The van der Waals surface area contributed by atoms with Gasteiger partial charge < -0.3 is 47.4 Å². The van der Waals surface area contributed by atoms with E-state index in [-0.39, 0.29) is 74.3 Å². The van der Waals surface area contributed by atoms with E-state index in [0.29, 0.717) is 62.6 Å². The summed E-state index contributed by atoms with van der Waals surface area (Å²) >= 11 is 0. The summed E-state index contributed by atoms with van der Waals surface area (Å²) in [5.74, 6) is 2.20. The quantitative estimate of drug-likeness (QED) is 0.281. The zero-order chi connectivity index (χ0) is 21.4. The number of hydrogen-bond donors (Lipinski definition) is 5. The first-order valence-corrected chi connectivity index (χ1v) is 9.40. The van der Waals surface area contributed by atoms with Crippen LogP contribution in [0.25, 0.3) is 0 Å². The predicted molar refractivity (Wildman–Crippen MR) is 124 cm³/mol. The SMILES string of the molecule is CC(C)CO.CC(C)CO.CC(C)CO.CC(C)CO.CC(C)CO.O.O.O.O.[Zr].[Zr]. The summed E-state index contributed by atoms with van der Waals surface area (Å²) in [6, 6.07) is 0. The molecular weight excluding hydrogens is 567 g/mol. The number of aliphatic hydroxyl groups excluding tert-OH is 5. The fourth-order valence-electron chi connectivity index (χ4n) is 0. The molecule has 0 radical (unpaired) electrons. The molecule has 31 heavy (non-hydrogen) atoms. The van der Waals surface area contributed by atoms with Crippen LogP contribution in [0.15, 0.2) is 0 Å². The predicted octanol–water partition coefficient (Wildman–Crippen LogP) is -0.130. The maximum absolute atomic E-state index is 8.14. The molecule has 0 atom stereocenters. The van der Waals surface area contributed by atoms with Gasteiger partial charge in [-0.15, -0.1) is 0 Å². The molecule has 0 heterocycles. The zero-order valence-electron chi connectivity index (χ0n) is 21.7. The molecular formula is C20H58O9Zr2. The summed E-state index contributed by atoms with van der Waals surface area (Å²) in [4.78, 5) is 0. The van der Waals surface area contributed by atoms with Gasteiger partial charge in [-0.2, -0.15) is 0 Å². The molecule has 0 saturated carbocycles. The van der Waals surface area contributed by atoms with E-state index < -0.39 is 0 Å². The van der Waals surface area contributed by atoms with Crippen molar-refractivity contribution in [1.29, 1.82) is 0 Å². The van der Waals surface area contributed by atoms with Crippen LogP contribution in [0.2, 0.25) is 0 Å². The number of rotatable bonds is 5. The summed E-state index contributed by atoms with van der Waals surface area (Å²) < 4.78 is 0. The normalized spacial score (nSPS) is 7.74. The molecule has 0 bridgehead atoms. The molecule has 0 amide bonds. The first-order chi connectivity index (χ1) is 11.4. The van der Waals surface area contributed by atoms with E-state index in [1.807, 2.05) is 69.2 Å². The van der Waals surface area contributed by atoms with Gasteiger partial charge in [-0.05, 0) is 29.6 Å². The second-order valence-corrected chi connectivity index (χ2v) is 7.88. The Labute approximate surface area is 230 Å². The molecule has 13 N–H and O–H groups in total. The Morgan fingerprint density at radius 1 is 0.323 bits per heavy atom. The molecule has 0 aliphatic heterocycles. The van der Waals surface area contributed by atoms with Gasteiger partial charge in [0.2, 0.25) is 0 Å². The minimum absolute atomic E-state index is 0. The van der Waals surface area contributed by atoms with E-state index >= 15 is 0 Å². The van der Waals surface area contributed by atoms with Crippen molar-refractivity contribution in [2.75, 3.05) is 33.0 Å². The molecule has 200 valence electrons. The average Bonchev–Trinajstić information content (AvgIpc) is 2.56. The second-order valence-electron chi connectivity index (χ2n) is 7.88. The standard InChI is InChI=1S/5C4H10O.4H2O.2Zr/c5*1-4(2)3-5;;;;;;/h5*4-5H,3H2,1-2H3;4*1H2;;. The van der Waals surface area contributed by atoms with E-state index in [9.17, 15) is 0 Å². The van der Waals surface area contributed by atoms with Gasteiger partial charge >= 0.3 is 0 Å². The van der Waals surface area contributed by atoms with Gasteiger partial charge in [0.15, 0.2) is 0 Å². The topological polar surface area (TPSA) is 227 Å². The maximum Gasteiger partial charge on any atom is 0.0453 e. The first-order valence-electron chi connectivity index (χ1n) is 9.40. The Morgan fingerprint density at radius 2 is 0.355 bits per heavy atom. The van der Waals surface area contributed by atoms with Gasteiger partial charge in [-0.25, -0.2) is 0 Å². The third-order valence-corrected chi connectivity index (χ3v) is 1.83. The van der Waals surface area contributed by atoms with Crippen molar-refractivity contribution in [3.8, 4) is 0 Å². The van der Waals surface area contributed by atoms with Crippen LogP contribution in [-0.4, -0.2) is 80.5 Å². The molecule has 0 spiro atoms. The fraction of sp³-hybridized carbons (Fsp3) is 1.00. The molecule has 0 rings (SSSR count). The van der Waals surface area contributed by atoms with Crippen LogP contribution in [0.3, 0.4) is 0 Å². The molecule has 0 saturated heterocycles. The summed E-state index contributed by atoms with van der Waals surface area (Å²) in [6.45, 7) is 21.2. The van der Waals surface area contributed by atoms with Gasteiger partial charge in [0.1, 0.15) is 0 Å². The van der Waals surface area contributed by atoms with Crippen LogP contribution in [-0.2, 0) is 52.4 Å². The molecule has 0 unspecified atom stereocenters. The fourth-order valence-corrected chi connectivity index (χ4v) is 0. The molecule has 11 heteroatoms. The summed E-state index contributed by atoms with van der Waals surface area (Å²) in [5.41, 5.74) is 0. The molecule has 0 aromatic rings. The average molecular weight is 625 g/mol. The molecule has 9 nitrogen and oxygen atoms in total. The van der Waals surface area contributed by atoms with E-state index in [2.05, 4.69) is 0 Å². The minimum Gasteiger partial charge on any atom is -0.412 e. The number of aliphatic hydroxyl groups is 5. The van der Waals surface area contributed by atoms with Gasteiger partial charge in [-0.3, -0.25) is 0 Å². The Balaban J connectivity index is -0.0000000171. The summed E-state index contributed by atoms with van der Waals surface area (Å²) in [7, 11) is 0. The Morgan fingerprint density at radius 3 is 0.355 bits per heavy atom. The van der Waals surface area contributed by atoms with Crippen molar-refractivity contribution < 1.29 is 99.8 Å². The van der Waals surface area contributed by atoms with Crippen molar-refractivity contribution in [2.24, 2.45) is 29.6 Å². The van der Waals surface area contributed by atoms with Crippen molar-refractivity contribution >= 4 is 0 Å². The smallest absolute Gasteiger partial charge is 0.0453 e. The van der Waals surface area contributed by atoms with E-state index in [0.717, 1.165) is 0 Å². The summed E-state index contributed by atoms with van der Waals surface area (Å²) in [5, 5.41) is 40.7. The van der Waals surface area contributed by atoms with Crippen molar-refractivity contribution in [1.82, 2.24) is 0 Å². The number of hydrogen-bond acceptors (Lipinski definition) is 5. The van der Waals surface area contributed by atoms with Gasteiger partial charge in [0.25, 0.3) is 0 Å². The van der Waals surface area contributed by atoms with Crippen molar-refractivity contribution in [2.45, 2.75) is 69.2 Å². The molecule has 0 aliphatic carbocycles.